The number of hydrogen-bond donors (Lipinski definition) is 2. The van der Waals surface area contributed by atoms with Crippen LogP contribution in [0.3, 0.4) is 0 Å². The molecule has 0 fully saturated rings. The zero-order valence-electron chi connectivity index (χ0n) is 9.24. The van der Waals surface area contributed by atoms with E-state index in [1.165, 1.54) is 11.1 Å². The van der Waals surface area contributed by atoms with Crippen LogP contribution in [0.2, 0.25) is 0 Å². The van der Waals surface area contributed by atoms with Crippen molar-refractivity contribution in [3.63, 3.8) is 0 Å². The Balaban J connectivity index is 2.52. The number of aromatic nitrogens is 1. The second-order valence-corrected chi connectivity index (χ2v) is 3.87. The van der Waals surface area contributed by atoms with Gasteiger partial charge in [0.2, 0.25) is 0 Å². The van der Waals surface area contributed by atoms with Gasteiger partial charge in [-0.2, -0.15) is 0 Å². The lowest BCUT2D eigenvalue weighted by molar-refractivity contribution is -0.131. The van der Waals surface area contributed by atoms with Gasteiger partial charge in [-0.1, -0.05) is 12.1 Å². The molecule has 0 aliphatic carbocycles. The molecular weight excluding hydrogens is 202 g/mol. The predicted molar refractivity (Wildman–Crippen MR) is 64.4 cm³/mol. The molecule has 0 saturated carbocycles. The number of aliphatic carboxylic acids is 1. The van der Waals surface area contributed by atoms with Gasteiger partial charge in [0, 0.05) is 22.7 Å². The van der Waals surface area contributed by atoms with E-state index in [1.54, 1.807) is 6.08 Å². The van der Waals surface area contributed by atoms with Crippen molar-refractivity contribution in [2.45, 2.75) is 13.8 Å². The van der Waals surface area contributed by atoms with Crippen LogP contribution >= 0.6 is 0 Å². The molecule has 1 aromatic carbocycles. The molecular formula is C13H13NO2. The van der Waals surface area contributed by atoms with E-state index >= 15 is 0 Å². The van der Waals surface area contributed by atoms with Crippen molar-refractivity contribution in [1.82, 2.24) is 4.98 Å². The molecule has 0 aliphatic rings. The van der Waals surface area contributed by atoms with Gasteiger partial charge < -0.3 is 10.1 Å². The number of carboxylic acid groups (broad SMARTS) is 1. The van der Waals surface area contributed by atoms with E-state index < -0.39 is 5.97 Å². The Bertz CT molecular complexity index is 579. The zero-order valence-corrected chi connectivity index (χ0v) is 9.24. The van der Waals surface area contributed by atoms with Crippen molar-refractivity contribution in [3.05, 3.63) is 41.1 Å². The van der Waals surface area contributed by atoms with E-state index in [-0.39, 0.29) is 0 Å². The van der Waals surface area contributed by atoms with E-state index in [0.717, 1.165) is 22.7 Å². The van der Waals surface area contributed by atoms with Crippen LogP contribution in [0.15, 0.2) is 24.3 Å². The van der Waals surface area contributed by atoms with Crippen molar-refractivity contribution in [1.29, 1.82) is 0 Å². The summed E-state index contributed by atoms with van der Waals surface area (Å²) in [4.78, 5) is 13.6. The van der Waals surface area contributed by atoms with Crippen LogP contribution in [0, 0.1) is 13.8 Å². The number of aryl methyl sites for hydroxylation is 2. The Morgan fingerprint density at radius 2 is 2.12 bits per heavy atom. The van der Waals surface area contributed by atoms with E-state index in [0.29, 0.717) is 0 Å². The van der Waals surface area contributed by atoms with Gasteiger partial charge in [0.25, 0.3) is 0 Å². The highest BCUT2D eigenvalue weighted by Crippen LogP contribution is 2.22. The number of hydrogen-bond acceptors (Lipinski definition) is 1. The molecule has 2 aromatic rings. The highest BCUT2D eigenvalue weighted by atomic mass is 16.4. The molecule has 0 saturated heterocycles. The summed E-state index contributed by atoms with van der Waals surface area (Å²) in [7, 11) is 0. The standard InChI is InChI=1S/C13H13NO2/c1-8-3-4-10-7-11(5-6-12(15)16)14-13(10)9(8)2/h3-7,14H,1-2H3,(H,15,16)/b6-5+. The van der Waals surface area contributed by atoms with E-state index in [1.807, 2.05) is 12.1 Å². The molecule has 1 heterocycles. The number of carboxylic acids is 1. The Hall–Kier alpha value is -2.03. The van der Waals surface area contributed by atoms with Gasteiger partial charge in [0.1, 0.15) is 0 Å². The fourth-order valence-electron chi connectivity index (χ4n) is 1.72. The maximum absolute atomic E-state index is 10.4. The monoisotopic (exact) mass is 215 g/mol. The predicted octanol–water partition coefficient (Wildman–Crippen LogP) is 2.88. The van der Waals surface area contributed by atoms with Crippen LogP contribution < -0.4 is 0 Å². The molecule has 2 rings (SSSR count). The van der Waals surface area contributed by atoms with Crippen LogP contribution in [0.5, 0.6) is 0 Å². The maximum atomic E-state index is 10.4. The summed E-state index contributed by atoms with van der Waals surface area (Å²) in [6.45, 7) is 4.11. The number of rotatable bonds is 2. The average molecular weight is 215 g/mol. The summed E-state index contributed by atoms with van der Waals surface area (Å²) in [5.41, 5.74) is 4.31. The molecule has 3 nitrogen and oxygen atoms in total. The minimum atomic E-state index is -0.938. The van der Waals surface area contributed by atoms with Gasteiger partial charge in [0.15, 0.2) is 0 Å². The number of carbonyl (C=O) groups is 1. The van der Waals surface area contributed by atoms with Gasteiger partial charge in [0.05, 0.1) is 0 Å². The normalized spacial score (nSPS) is 11.4. The molecule has 2 N–H and O–H groups in total. The maximum Gasteiger partial charge on any atom is 0.328 e. The van der Waals surface area contributed by atoms with Crippen LogP contribution in [0.4, 0.5) is 0 Å². The first-order valence-corrected chi connectivity index (χ1v) is 5.08. The van der Waals surface area contributed by atoms with Crippen LogP contribution in [0.25, 0.3) is 17.0 Å². The van der Waals surface area contributed by atoms with Crippen molar-refractivity contribution in [2.75, 3.05) is 0 Å². The molecule has 0 atom stereocenters. The van der Waals surface area contributed by atoms with Gasteiger partial charge in [-0.3, -0.25) is 0 Å². The molecule has 0 unspecified atom stereocenters. The first-order chi connectivity index (χ1) is 7.58. The molecule has 16 heavy (non-hydrogen) atoms. The highest BCUT2D eigenvalue weighted by molar-refractivity contribution is 5.89. The highest BCUT2D eigenvalue weighted by Gasteiger charge is 2.03. The quantitative estimate of drug-likeness (QED) is 0.757. The second-order valence-electron chi connectivity index (χ2n) is 3.87. The molecule has 82 valence electrons. The lowest BCUT2D eigenvalue weighted by Crippen LogP contribution is -1.85. The SMILES string of the molecule is Cc1ccc2cc(/C=C/C(=O)O)[nH]c2c1C. The summed E-state index contributed by atoms with van der Waals surface area (Å²) in [5, 5.41) is 9.65. The third-order valence-corrected chi connectivity index (χ3v) is 2.75. The lowest BCUT2D eigenvalue weighted by atomic mass is 10.1. The molecule has 0 radical (unpaired) electrons. The minimum absolute atomic E-state index is 0.811. The van der Waals surface area contributed by atoms with Gasteiger partial charge >= 0.3 is 5.97 Å². The van der Waals surface area contributed by atoms with Crippen molar-refractivity contribution < 1.29 is 9.90 Å². The van der Waals surface area contributed by atoms with E-state index in [4.69, 9.17) is 5.11 Å². The second kappa shape index (κ2) is 3.85. The number of H-pyrrole nitrogens is 1. The summed E-state index contributed by atoms with van der Waals surface area (Å²) in [6.07, 6.45) is 2.70. The summed E-state index contributed by atoms with van der Waals surface area (Å²) < 4.78 is 0. The number of benzene rings is 1. The number of aromatic amines is 1. The van der Waals surface area contributed by atoms with Crippen molar-refractivity contribution >= 4 is 22.9 Å². The van der Waals surface area contributed by atoms with Crippen molar-refractivity contribution in [2.24, 2.45) is 0 Å². The Morgan fingerprint density at radius 3 is 2.81 bits per heavy atom. The van der Waals surface area contributed by atoms with Gasteiger partial charge in [-0.25, -0.2) is 4.79 Å². The average Bonchev–Trinajstić information content (AvgIpc) is 2.64. The van der Waals surface area contributed by atoms with E-state index in [9.17, 15) is 4.79 Å². The molecule has 0 aliphatic heterocycles. The van der Waals surface area contributed by atoms with E-state index in [2.05, 4.69) is 24.9 Å². The van der Waals surface area contributed by atoms with Crippen molar-refractivity contribution in [3.8, 4) is 0 Å². The van der Waals surface area contributed by atoms with Crippen LogP contribution in [-0.4, -0.2) is 16.1 Å². The van der Waals surface area contributed by atoms with Crippen LogP contribution in [-0.2, 0) is 4.79 Å². The number of nitrogens with one attached hydrogen (secondary N) is 1. The summed E-state index contributed by atoms with van der Waals surface area (Å²) >= 11 is 0. The van der Waals surface area contributed by atoms with Gasteiger partial charge in [-0.15, -0.1) is 0 Å². The Kier molecular flexibility index (Phi) is 2.52. The Labute approximate surface area is 93.4 Å². The summed E-state index contributed by atoms with van der Waals surface area (Å²) in [6, 6.07) is 6.05. The topological polar surface area (TPSA) is 53.1 Å². The first-order valence-electron chi connectivity index (χ1n) is 5.08. The number of fused-ring (bicyclic) bond motifs is 1. The summed E-state index contributed by atoms with van der Waals surface area (Å²) in [5.74, 6) is -0.938. The third-order valence-electron chi connectivity index (χ3n) is 2.75. The largest absolute Gasteiger partial charge is 0.478 e. The fourth-order valence-corrected chi connectivity index (χ4v) is 1.72. The zero-order chi connectivity index (χ0) is 11.7. The molecule has 0 bridgehead atoms. The lowest BCUT2D eigenvalue weighted by Gasteiger charge is -1.99. The first kappa shape index (κ1) is 10.5. The fraction of sp³-hybridized carbons (Fsp3) is 0.154. The molecule has 3 heteroatoms. The van der Waals surface area contributed by atoms with Crippen LogP contribution in [0.1, 0.15) is 16.8 Å². The molecule has 1 aromatic heterocycles. The van der Waals surface area contributed by atoms with Gasteiger partial charge in [-0.05, 0) is 37.1 Å². The third kappa shape index (κ3) is 1.84. The molecule has 0 spiro atoms. The minimum Gasteiger partial charge on any atom is -0.478 e. The Morgan fingerprint density at radius 1 is 1.38 bits per heavy atom. The molecule has 0 amide bonds. The smallest absolute Gasteiger partial charge is 0.328 e.